The van der Waals surface area contributed by atoms with Gasteiger partial charge in [-0.15, -0.1) is 0 Å². The van der Waals surface area contributed by atoms with Crippen LogP contribution in [0.5, 0.6) is 0 Å². The number of carbonyl (C=O) groups is 1. The number of carbonyl (C=O) groups excluding carboxylic acids is 1. The van der Waals surface area contributed by atoms with E-state index in [0.29, 0.717) is 12.5 Å². The summed E-state index contributed by atoms with van der Waals surface area (Å²) in [5, 5.41) is 7.56. The van der Waals surface area contributed by atoms with Crippen LogP contribution in [0.25, 0.3) is 0 Å². The summed E-state index contributed by atoms with van der Waals surface area (Å²) in [5.41, 5.74) is 0.913. The Bertz CT molecular complexity index is 585. The summed E-state index contributed by atoms with van der Waals surface area (Å²) in [5.74, 6) is 1.11. The molecular weight excluding hydrogens is 266 g/mol. The normalized spacial score (nSPS) is 19.6. The van der Waals surface area contributed by atoms with Crippen molar-refractivity contribution < 1.29 is 4.79 Å². The molecule has 1 atom stereocenters. The van der Waals surface area contributed by atoms with Crippen molar-refractivity contribution in [3.63, 3.8) is 0 Å². The summed E-state index contributed by atoms with van der Waals surface area (Å²) in [6.07, 6.45) is 4.31. The number of amides is 1. The first kappa shape index (κ1) is 14.3. The molecule has 2 fully saturated rings. The molecule has 114 valence electrons. The smallest absolute Gasteiger partial charge is 0.266 e. The lowest BCUT2D eigenvalue weighted by molar-refractivity contribution is -0.123. The van der Waals surface area contributed by atoms with Crippen molar-refractivity contribution in [2.45, 2.75) is 58.0 Å². The Kier molecular flexibility index (Phi) is 3.83. The molecule has 0 radical (unpaired) electrons. The summed E-state index contributed by atoms with van der Waals surface area (Å²) in [6, 6.07) is 3.39. The minimum Gasteiger partial charge on any atom is -0.351 e. The van der Waals surface area contributed by atoms with Gasteiger partial charge in [-0.2, -0.15) is 5.10 Å². The molecule has 1 aromatic heterocycles. The highest BCUT2D eigenvalue weighted by atomic mass is 16.2. The molecule has 0 unspecified atom stereocenters. The molecule has 2 saturated carbocycles. The molecule has 21 heavy (non-hydrogen) atoms. The van der Waals surface area contributed by atoms with Crippen LogP contribution in [-0.4, -0.2) is 21.7 Å². The van der Waals surface area contributed by atoms with Gasteiger partial charge in [-0.3, -0.25) is 9.59 Å². The number of rotatable bonds is 6. The molecule has 0 saturated heterocycles. The van der Waals surface area contributed by atoms with Crippen LogP contribution in [0, 0.1) is 11.8 Å². The Morgan fingerprint density at radius 1 is 1.33 bits per heavy atom. The predicted octanol–water partition coefficient (Wildman–Crippen LogP) is 1.67. The van der Waals surface area contributed by atoms with Crippen molar-refractivity contribution in [3.8, 4) is 0 Å². The maximum atomic E-state index is 12.0. The van der Waals surface area contributed by atoms with E-state index in [0.717, 1.165) is 31.4 Å². The van der Waals surface area contributed by atoms with Gasteiger partial charge in [0, 0.05) is 17.9 Å². The average Bonchev–Trinajstić information content (AvgIpc) is 3.29. The Hall–Kier alpha value is -1.65. The lowest BCUT2D eigenvalue weighted by Gasteiger charge is -2.23. The molecule has 2 aliphatic carbocycles. The lowest BCUT2D eigenvalue weighted by atomic mass is 10.0. The van der Waals surface area contributed by atoms with E-state index < -0.39 is 0 Å². The van der Waals surface area contributed by atoms with Crippen LogP contribution in [0.3, 0.4) is 0 Å². The summed E-state index contributed by atoms with van der Waals surface area (Å²) < 4.78 is 1.52. The van der Waals surface area contributed by atoms with Crippen LogP contribution in [0.1, 0.15) is 51.1 Å². The van der Waals surface area contributed by atoms with Crippen LogP contribution < -0.4 is 10.9 Å². The first-order chi connectivity index (χ1) is 10.0. The van der Waals surface area contributed by atoms with E-state index in [1.807, 2.05) is 6.07 Å². The van der Waals surface area contributed by atoms with Gasteiger partial charge in [0.05, 0.1) is 18.3 Å². The Balaban J connectivity index is 1.73. The summed E-state index contributed by atoms with van der Waals surface area (Å²) >= 11 is 0. The van der Waals surface area contributed by atoms with Gasteiger partial charge < -0.3 is 5.32 Å². The third-order valence-corrected chi connectivity index (χ3v) is 4.33. The van der Waals surface area contributed by atoms with Gasteiger partial charge in [-0.1, -0.05) is 13.8 Å². The SMILES string of the molecule is CC(C)[C@H](Cn1nc(C2CC2)ccc1=O)NC(=O)C1CC1. The second kappa shape index (κ2) is 5.62. The maximum absolute atomic E-state index is 12.0. The second-order valence-electron chi connectivity index (χ2n) is 6.69. The minimum atomic E-state index is -0.0919. The molecule has 1 amide bonds. The first-order valence-corrected chi connectivity index (χ1v) is 7.93. The highest BCUT2D eigenvalue weighted by Gasteiger charge is 2.32. The average molecular weight is 289 g/mol. The number of nitrogens with one attached hydrogen (secondary N) is 1. The molecule has 0 spiro atoms. The van der Waals surface area contributed by atoms with Crippen molar-refractivity contribution >= 4 is 5.91 Å². The summed E-state index contributed by atoms with van der Waals surface area (Å²) in [6.45, 7) is 4.58. The largest absolute Gasteiger partial charge is 0.351 e. The quantitative estimate of drug-likeness (QED) is 0.866. The van der Waals surface area contributed by atoms with E-state index >= 15 is 0 Å². The van der Waals surface area contributed by atoms with Gasteiger partial charge in [-0.25, -0.2) is 4.68 Å². The Morgan fingerprint density at radius 2 is 2.05 bits per heavy atom. The van der Waals surface area contributed by atoms with Crippen LogP contribution in [0.15, 0.2) is 16.9 Å². The van der Waals surface area contributed by atoms with Crippen molar-refractivity contribution in [3.05, 3.63) is 28.2 Å². The molecule has 1 aromatic rings. The van der Waals surface area contributed by atoms with Gasteiger partial charge in [0.15, 0.2) is 0 Å². The zero-order valence-electron chi connectivity index (χ0n) is 12.7. The molecule has 0 bridgehead atoms. The fraction of sp³-hybridized carbons (Fsp3) is 0.688. The van der Waals surface area contributed by atoms with Gasteiger partial charge in [0.1, 0.15) is 0 Å². The number of hydrogen-bond acceptors (Lipinski definition) is 3. The monoisotopic (exact) mass is 289 g/mol. The molecule has 1 heterocycles. The van der Waals surface area contributed by atoms with E-state index in [4.69, 9.17) is 0 Å². The van der Waals surface area contributed by atoms with Crippen LogP contribution in [0.2, 0.25) is 0 Å². The van der Waals surface area contributed by atoms with Crippen LogP contribution >= 0.6 is 0 Å². The van der Waals surface area contributed by atoms with Crippen LogP contribution in [0.4, 0.5) is 0 Å². The van der Waals surface area contributed by atoms with Gasteiger partial charge in [-0.05, 0) is 37.7 Å². The topological polar surface area (TPSA) is 64.0 Å². The molecule has 2 aliphatic rings. The standard InChI is InChI=1S/C16H23N3O2/c1-10(2)14(17-16(21)12-5-6-12)9-19-15(20)8-7-13(18-19)11-3-4-11/h7-8,10-12,14H,3-6,9H2,1-2H3,(H,17,21)/t14-/m0/s1. The molecule has 0 aromatic carbocycles. The van der Waals surface area contributed by atoms with Gasteiger partial charge >= 0.3 is 0 Å². The third kappa shape index (κ3) is 3.52. The summed E-state index contributed by atoms with van der Waals surface area (Å²) in [4.78, 5) is 24.0. The number of nitrogens with zero attached hydrogens (tertiary/aromatic N) is 2. The van der Waals surface area contributed by atoms with E-state index in [1.165, 1.54) is 4.68 Å². The predicted molar refractivity (Wildman–Crippen MR) is 80.0 cm³/mol. The fourth-order valence-corrected chi connectivity index (χ4v) is 2.45. The van der Waals surface area contributed by atoms with Crippen LogP contribution in [-0.2, 0) is 11.3 Å². The number of aromatic nitrogens is 2. The molecule has 5 nitrogen and oxygen atoms in total. The molecule has 0 aliphatic heterocycles. The van der Waals surface area contributed by atoms with Crippen molar-refractivity contribution in [2.24, 2.45) is 11.8 Å². The maximum Gasteiger partial charge on any atom is 0.266 e. The van der Waals surface area contributed by atoms with E-state index in [-0.39, 0.29) is 29.3 Å². The highest BCUT2D eigenvalue weighted by Crippen LogP contribution is 2.38. The highest BCUT2D eigenvalue weighted by molar-refractivity contribution is 5.81. The second-order valence-corrected chi connectivity index (χ2v) is 6.69. The minimum absolute atomic E-state index is 0.0437. The first-order valence-electron chi connectivity index (χ1n) is 7.93. The van der Waals surface area contributed by atoms with Gasteiger partial charge in [0.25, 0.3) is 5.56 Å². The Labute approximate surface area is 124 Å². The van der Waals surface area contributed by atoms with Gasteiger partial charge in [0.2, 0.25) is 5.91 Å². The zero-order valence-corrected chi connectivity index (χ0v) is 12.7. The summed E-state index contributed by atoms with van der Waals surface area (Å²) in [7, 11) is 0. The lowest BCUT2D eigenvalue weighted by Crippen LogP contribution is -2.44. The molecule has 1 N–H and O–H groups in total. The van der Waals surface area contributed by atoms with E-state index in [1.54, 1.807) is 6.07 Å². The van der Waals surface area contributed by atoms with E-state index in [2.05, 4.69) is 24.3 Å². The molecular formula is C16H23N3O2. The zero-order chi connectivity index (χ0) is 15.0. The third-order valence-electron chi connectivity index (χ3n) is 4.33. The van der Waals surface area contributed by atoms with Crippen molar-refractivity contribution in [2.75, 3.05) is 0 Å². The van der Waals surface area contributed by atoms with Crippen molar-refractivity contribution in [1.82, 2.24) is 15.1 Å². The Morgan fingerprint density at radius 3 is 2.62 bits per heavy atom. The number of hydrogen-bond donors (Lipinski definition) is 1. The molecule has 3 rings (SSSR count). The fourth-order valence-electron chi connectivity index (χ4n) is 2.45. The molecule has 5 heteroatoms. The van der Waals surface area contributed by atoms with Crippen molar-refractivity contribution in [1.29, 1.82) is 0 Å². The van der Waals surface area contributed by atoms with E-state index in [9.17, 15) is 9.59 Å².